The maximum atomic E-state index is 13.5. The molecule has 1 aliphatic rings. The van der Waals surface area contributed by atoms with Crippen LogP contribution < -0.4 is 34.4 Å². The zero-order chi connectivity index (χ0) is 28.9. The summed E-state index contributed by atoms with van der Waals surface area (Å²) in [5.74, 6) is 2.11. The molecule has 0 saturated heterocycles. The van der Waals surface area contributed by atoms with E-state index < -0.39 is 0 Å². The molecule has 0 atom stereocenters. The third-order valence-corrected chi connectivity index (χ3v) is 6.91. The van der Waals surface area contributed by atoms with E-state index >= 15 is 0 Å². The van der Waals surface area contributed by atoms with Crippen molar-refractivity contribution in [3.05, 3.63) is 70.4 Å². The van der Waals surface area contributed by atoms with Gasteiger partial charge in [0.15, 0.2) is 28.4 Å². The highest BCUT2D eigenvalue weighted by Crippen LogP contribution is 2.43. The predicted octanol–water partition coefficient (Wildman–Crippen LogP) is 5.18. The first-order chi connectivity index (χ1) is 19.9. The molecule has 0 bridgehead atoms. The molecular formula is C31H32N2O8. The van der Waals surface area contributed by atoms with E-state index in [1.54, 1.807) is 48.5 Å². The summed E-state index contributed by atoms with van der Waals surface area (Å²) in [5, 5.41) is 3.14. The van der Waals surface area contributed by atoms with Gasteiger partial charge >= 0.3 is 0 Å². The van der Waals surface area contributed by atoms with E-state index in [2.05, 4.69) is 24.1 Å². The van der Waals surface area contributed by atoms with Crippen molar-refractivity contribution in [1.82, 2.24) is 4.90 Å². The normalized spacial score (nSPS) is 12.0. The van der Waals surface area contributed by atoms with Gasteiger partial charge in [0.2, 0.25) is 12.5 Å². The Kier molecular flexibility index (Phi) is 8.30. The lowest BCUT2D eigenvalue weighted by Gasteiger charge is -2.20. The first kappa shape index (κ1) is 27.9. The van der Waals surface area contributed by atoms with Crippen molar-refractivity contribution in [3.8, 4) is 40.1 Å². The Morgan fingerprint density at radius 1 is 0.951 bits per heavy atom. The van der Waals surface area contributed by atoms with E-state index in [-0.39, 0.29) is 34.8 Å². The number of hydrogen-bond acceptors (Lipinski definition) is 9. The number of likely N-dealkylation sites (N-methyl/N-ethyl adjacent to an activating group) is 1. The second-order valence-electron chi connectivity index (χ2n) is 9.27. The second-order valence-corrected chi connectivity index (χ2v) is 9.27. The highest BCUT2D eigenvalue weighted by Gasteiger charge is 2.22. The van der Waals surface area contributed by atoms with E-state index in [9.17, 15) is 9.59 Å². The molecule has 0 radical (unpaired) electrons. The fourth-order valence-electron chi connectivity index (χ4n) is 4.68. The smallest absolute Gasteiger partial charge is 0.255 e. The van der Waals surface area contributed by atoms with Crippen LogP contribution in [0.25, 0.3) is 22.3 Å². The number of rotatable bonds is 11. The van der Waals surface area contributed by atoms with Crippen molar-refractivity contribution in [3.63, 3.8) is 0 Å². The zero-order valence-corrected chi connectivity index (χ0v) is 23.4. The van der Waals surface area contributed by atoms with Crippen LogP contribution in [0.15, 0.2) is 63.8 Å². The molecule has 0 aliphatic carbocycles. The molecule has 0 spiro atoms. The van der Waals surface area contributed by atoms with E-state index in [1.165, 1.54) is 20.3 Å². The van der Waals surface area contributed by atoms with Gasteiger partial charge in [0, 0.05) is 35.5 Å². The number of nitrogens with zero attached hydrogens (tertiary/aromatic N) is 1. The number of methoxy groups -OCH3 is 2. The van der Waals surface area contributed by atoms with Gasteiger partial charge in [0.1, 0.15) is 23.3 Å². The second kappa shape index (κ2) is 12.2. The topological polar surface area (TPSA) is 109 Å². The maximum absolute atomic E-state index is 13.5. The van der Waals surface area contributed by atoms with Crippen molar-refractivity contribution in [1.29, 1.82) is 0 Å². The molecule has 0 unspecified atom stereocenters. The van der Waals surface area contributed by atoms with Gasteiger partial charge < -0.3 is 38.3 Å². The zero-order valence-electron chi connectivity index (χ0n) is 23.4. The Morgan fingerprint density at radius 2 is 1.76 bits per heavy atom. The van der Waals surface area contributed by atoms with Crippen LogP contribution in [0.2, 0.25) is 0 Å². The fraction of sp³-hybridized carbons (Fsp3) is 0.290. The number of hydrogen-bond donors (Lipinski definition) is 1. The molecule has 10 nitrogen and oxygen atoms in total. The summed E-state index contributed by atoms with van der Waals surface area (Å²) < 4.78 is 34.1. The summed E-state index contributed by atoms with van der Waals surface area (Å²) in [7, 11) is 3.01. The molecule has 5 rings (SSSR count). The van der Waals surface area contributed by atoms with Gasteiger partial charge in [-0.1, -0.05) is 26.0 Å². The average Bonchev–Trinajstić information content (AvgIpc) is 3.47. The standard InChI is InChI=1S/C31H32N2O8/c1-5-33(6-2)12-13-38-30-28-22(34)16-24(41-26(28)17-27(36-3)29(30)37-4)19-8-7-9-21(14-19)32-31(35)20-10-11-23-25(15-20)40-18-39-23/h7-11,14-17H,5-6,12-13,18H2,1-4H3,(H,32,35). The van der Waals surface area contributed by atoms with Crippen molar-refractivity contribution >= 4 is 22.6 Å². The van der Waals surface area contributed by atoms with Crippen LogP contribution in [0.1, 0.15) is 24.2 Å². The molecule has 1 aliphatic heterocycles. The highest BCUT2D eigenvalue weighted by atomic mass is 16.7. The molecular weight excluding hydrogens is 528 g/mol. The first-order valence-electron chi connectivity index (χ1n) is 13.3. The lowest BCUT2D eigenvalue weighted by Crippen LogP contribution is -2.28. The number of fused-ring (bicyclic) bond motifs is 2. The Morgan fingerprint density at radius 3 is 2.51 bits per heavy atom. The molecule has 10 heteroatoms. The average molecular weight is 561 g/mol. The molecule has 1 amide bonds. The lowest BCUT2D eigenvalue weighted by molar-refractivity contribution is 0.102. The maximum Gasteiger partial charge on any atom is 0.255 e. The first-order valence-corrected chi connectivity index (χ1v) is 13.3. The van der Waals surface area contributed by atoms with E-state index in [4.69, 9.17) is 28.1 Å². The van der Waals surface area contributed by atoms with E-state index in [0.29, 0.717) is 58.7 Å². The van der Waals surface area contributed by atoms with Crippen LogP contribution in [0, 0.1) is 0 Å². The Bertz CT molecular complexity index is 1630. The minimum Gasteiger partial charge on any atom is -0.493 e. The third-order valence-electron chi connectivity index (χ3n) is 6.91. The van der Waals surface area contributed by atoms with Crippen molar-refractivity contribution in [2.24, 2.45) is 0 Å². The molecule has 41 heavy (non-hydrogen) atoms. The molecule has 2 heterocycles. The van der Waals surface area contributed by atoms with Gasteiger partial charge in [0.25, 0.3) is 5.91 Å². The molecule has 0 saturated carbocycles. The van der Waals surface area contributed by atoms with Crippen molar-refractivity contribution in [2.75, 3.05) is 52.6 Å². The summed E-state index contributed by atoms with van der Waals surface area (Å²) in [6.07, 6.45) is 0. The van der Waals surface area contributed by atoms with Crippen LogP contribution >= 0.6 is 0 Å². The number of ether oxygens (including phenoxy) is 5. The SMILES string of the molecule is CCN(CC)CCOc1c(OC)c(OC)cc2oc(-c3cccc(NC(=O)c4ccc5c(c4)OCO5)c3)cc(=O)c12. The van der Waals surface area contributed by atoms with Gasteiger partial charge in [0.05, 0.1) is 14.2 Å². The van der Waals surface area contributed by atoms with Crippen LogP contribution in [-0.4, -0.2) is 58.1 Å². The summed E-state index contributed by atoms with van der Waals surface area (Å²) in [6.45, 7) is 7.10. The molecule has 4 aromatic rings. The molecule has 1 aromatic heterocycles. The Labute approximate surface area is 237 Å². The number of amides is 1. The fourth-order valence-corrected chi connectivity index (χ4v) is 4.68. The van der Waals surface area contributed by atoms with Crippen molar-refractivity contribution in [2.45, 2.75) is 13.8 Å². The summed E-state index contributed by atoms with van der Waals surface area (Å²) >= 11 is 0. The summed E-state index contributed by atoms with van der Waals surface area (Å²) in [4.78, 5) is 28.6. The molecule has 3 aromatic carbocycles. The summed E-state index contributed by atoms with van der Waals surface area (Å²) in [5.41, 5.74) is 1.55. The molecule has 1 N–H and O–H groups in total. The van der Waals surface area contributed by atoms with Gasteiger partial charge in [-0.2, -0.15) is 0 Å². The Hall–Kier alpha value is -4.70. The quantitative estimate of drug-likeness (QED) is 0.265. The van der Waals surface area contributed by atoms with Gasteiger partial charge in [-0.15, -0.1) is 0 Å². The van der Waals surface area contributed by atoms with E-state index in [1.807, 2.05) is 0 Å². The van der Waals surface area contributed by atoms with Gasteiger partial charge in [-0.25, -0.2) is 0 Å². The predicted molar refractivity (Wildman–Crippen MR) is 155 cm³/mol. The number of carbonyl (C=O) groups is 1. The molecule has 214 valence electrons. The largest absolute Gasteiger partial charge is 0.493 e. The molecule has 0 fully saturated rings. The monoisotopic (exact) mass is 560 g/mol. The number of carbonyl (C=O) groups excluding carboxylic acids is 1. The van der Waals surface area contributed by atoms with Gasteiger partial charge in [-0.05, 0) is 43.4 Å². The van der Waals surface area contributed by atoms with Gasteiger partial charge in [-0.3, -0.25) is 9.59 Å². The minimum atomic E-state index is -0.316. The van der Waals surface area contributed by atoms with E-state index in [0.717, 1.165) is 13.1 Å². The summed E-state index contributed by atoms with van der Waals surface area (Å²) in [6, 6.07) is 15.1. The number of nitrogens with one attached hydrogen (secondary N) is 1. The Balaban J connectivity index is 1.46. The van der Waals surface area contributed by atoms with Crippen molar-refractivity contribution < 1.29 is 32.9 Å². The van der Waals surface area contributed by atoms with Crippen LogP contribution in [0.3, 0.4) is 0 Å². The lowest BCUT2D eigenvalue weighted by atomic mass is 10.1. The number of anilines is 1. The van der Waals surface area contributed by atoms with Crippen LogP contribution in [0.4, 0.5) is 5.69 Å². The third kappa shape index (κ3) is 5.78. The van der Waals surface area contributed by atoms with Crippen LogP contribution in [0.5, 0.6) is 28.7 Å². The van der Waals surface area contributed by atoms with Crippen LogP contribution in [-0.2, 0) is 0 Å². The highest BCUT2D eigenvalue weighted by molar-refractivity contribution is 6.05. The minimum absolute atomic E-state index is 0.127. The number of benzene rings is 3.